The maximum absolute atomic E-state index is 10.9. The summed E-state index contributed by atoms with van der Waals surface area (Å²) in [6.45, 7) is 2.15. The smallest absolute Gasteiger partial charge is 0.126 e. The molecule has 0 aliphatic heterocycles. The molecule has 2 fully saturated rings. The fraction of sp³-hybridized carbons (Fsp3) is 0.900. The van der Waals surface area contributed by atoms with Crippen LogP contribution < -0.4 is 0 Å². The van der Waals surface area contributed by atoms with Crippen LogP contribution in [0, 0.1) is 17.3 Å². The largest absolute Gasteiger partial charge is 0.303 e. The SMILES string of the molecule is CC1(C=O)CC[C@H]2CCC[C@H]21. The summed E-state index contributed by atoms with van der Waals surface area (Å²) < 4.78 is 0. The van der Waals surface area contributed by atoms with Crippen LogP contribution in [-0.2, 0) is 4.79 Å². The molecule has 0 aromatic rings. The van der Waals surface area contributed by atoms with E-state index >= 15 is 0 Å². The second-order valence-corrected chi connectivity index (χ2v) is 4.46. The summed E-state index contributed by atoms with van der Waals surface area (Å²) in [4.78, 5) is 10.9. The normalized spacial score (nSPS) is 49.2. The highest BCUT2D eigenvalue weighted by atomic mass is 16.1. The van der Waals surface area contributed by atoms with Gasteiger partial charge in [-0.3, -0.25) is 0 Å². The van der Waals surface area contributed by atoms with Crippen molar-refractivity contribution in [3.63, 3.8) is 0 Å². The molecule has 0 radical (unpaired) electrons. The third-order valence-electron chi connectivity index (χ3n) is 3.83. The highest BCUT2D eigenvalue weighted by Gasteiger charge is 2.46. The van der Waals surface area contributed by atoms with Gasteiger partial charge in [0, 0.05) is 5.41 Å². The van der Waals surface area contributed by atoms with Gasteiger partial charge in [0.05, 0.1) is 0 Å². The average Bonchev–Trinajstić information content (AvgIpc) is 2.55. The summed E-state index contributed by atoms with van der Waals surface area (Å²) in [5.74, 6) is 1.63. The molecule has 1 heteroatoms. The molecule has 2 aliphatic rings. The number of carbonyl (C=O) groups is 1. The monoisotopic (exact) mass is 152 g/mol. The zero-order valence-corrected chi connectivity index (χ0v) is 7.18. The number of carbonyl (C=O) groups excluding carboxylic acids is 1. The maximum Gasteiger partial charge on any atom is 0.126 e. The van der Waals surface area contributed by atoms with E-state index in [1.807, 2.05) is 0 Å². The minimum absolute atomic E-state index is 0.0567. The van der Waals surface area contributed by atoms with E-state index in [0.29, 0.717) is 0 Å². The molecule has 0 saturated heterocycles. The van der Waals surface area contributed by atoms with Crippen LogP contribution in [-0.4, -0.2) is 6.29 Å². The molecule has 0 aromatic carbocycles. The van der Waals surface area contributed by atoms with Gasteiger partial charge >= 0.3 is 0 Å². The Labute approximate surface area is 68.2 Å². The Bertz CT molecular complexity index is 176. The molecular weight excluding hydrogens is 136 g/mol. The highest BCUT2D eigenvalue weighted by Crippen LogP contribution is 2.53. The molecule has 3 atom stereocenters. The number of hydrogen-bond acceptors (Lipinski definition) is 1. The first-order valence-corrected chi connectivity index (χ1v) is 4.72. The molecule has 0 N–H and O–H groups in total. The van der Waals surface area contributed by atoms with Gasteiger partial charge in [0.15, 0.2) is 0 Å². The maximum atomic E-state index is 10.9. The molecule has 0 amide bonds. The predicted octanol–water partition coefficient (Wildman–Crippen LogP) is 2.40. The molecule has 1 nitrogen and oxygen atoms in total. The molecule has 0 aromatic heterocycles. The lowest BCUT2D eigenvalue weighted by molar-refractivity contribution is -0.117. The number of aldehydes is 1. The number of fused-ring (bicyclic) bond motifs is 1. The molecular formula is C10H16O. The Morgan fingerprint density at radius 3 is 2.91 bits per heavy atom. The van der Waals surface area contributed by atoms with Crippen molar-refractivity contribution < 1.29 is 4.79 Å². The number of hydrogen-bond donors (Lipinski definition) is 0. The van der Waals surface area contributed by atoms with Crippen molar-refractivity contribution in [1.82, 2.24) is 0 Å². The van der Waals surface area contributed by atoms with Gasteiger partial charge < -0.3 is 4.79 Å². The highest BCUT2D eigenvalue weighted by molar-refractivity contribution is 5.60. The van der Waals surface area contributed by atoms with Crippen LogP contribution >= 0.6 is 0 Å². The van der Waals surface area contributed by atoms with Gasteiger partial charge in [-0.15, -0.1) is 0 Å². The second kappa shape index (κ2) is 2.33. The van der Waals surface area contributed by atoms with Crippen molar-refractivity contribution in [3.8, 4) is 0 Å². The molecule has 1 unspecified atom stereocenters. The van der Waals surface area contributed by atoms with Crippen molar-refractivity contribution in [2.75, 3.05) is 0 Å². The van der Waals surface area contributed by atoms with Gasteiger partial charge in [-0.2, -0.15) is 0 Å². The van der Waals surface area contributed by atoms with Crippen molar-refractivity contribution in [1.29, 1.82) is 0 Å². The molecule has 0 bridgehead atoms. The van der Waals surface area contributed by atoms with E-state index in [1.165, 1.54) is 32.0 Å². The lowest BCUT2D eigenvalue weighted by atomic mass is 9.79. The zero-order valence-electron chi connectivity index (χ0n) is 7.18. The summed E-state index contributed by atoms with van der Waals surface area (Å²) in [7, 11) is 0. The Kier molecular flexibility index (Phi) is 1.55. The van der Waals surface area contributed by atoms with Crippen LogP contribution in [0.15, 0.2) is 0 Å². The topological polar surface area (TPSA) is 17.1 Å². The zero-order chi connectivity index (χ0) is 7.90. The van der Waals surface area contributed by atoms with Crippen LogP contribution in [0.2, 0.25) is 0 Å². The van der Waals surface area contributed by atoms with E-state index in [1.54, 1.807) is 0 Å². The fourth-order valence-electron chi connectivity index (χ4n) is 3.08. The lowest BCUT2D eigenvalue weighted by Gasteiger charge is -2.23. The van der Waals surface area contributed by atoms with E-state index in [0.717, 1.165) is 18.3 Å². The third kappa shape index (κ3) is 0.935. The Hall–Kier alpha value is -0.330. The second-order valence-electron chi connectivity index (χ2n) is 4.46. The molecule has 2 aliphatic carbocycles. The standard InChI is InChI=1S/C10H16O/c1-10(7-11)6-5-8-3-2-4-9(8)10/h7-9H,2-6H2,1H3/t8-,9-,10?/m1/s1. The third-order valence-corrected chi connectivity index (χ3v) is 3.83. The quantitative estimate of drug-likeness (QED) is 0.527. The predicted molar refractivity (Wildman–Crippen MR) is 44.2 cm³/mol. The number of rotatable bonds is 1. The Morgan fingerprint density at radius 1 is 1.36 bits per heavy atom. The van der Waals surface area contributed by atoms with Gasteiger partial charge in [-0.05, 0) is 31.1 Å². The summed E-state index contributed by atoms with van der Waals surface area (Å²) >= 11 is 0. The first-order chi connectivity index (χ1) is 5.26. The summed E-state index contributed by atoms with van der Waals surface area (Å²) in [5.41, 5.74) is 0.0567. The fourth-order valence-corrected chi connectivity index (χ4v) is 3.08. The van der Waals surface area contributed by atoms with E-state index in [9.17, 15) is 4.79 Å². The molecule has 0 heterocycles. The van der Waals surface area contributed by atoms with Gasteiger partial charge in [0.2, 0.25) is 0 Å². The Morgan fingerprint density at radius 2 is 2.18 bits per heavy atom. The minimum Gasteiger partial charge on any atom is -0.303 e. The summed E-state index contributed by atoms with van der Waals surface area (Å²) in [5, 5.41) is 0. The summed E-state index contributed by atoms with van der Waals surface area (Å²) in [6, 6.07) is 0. The summed E-state index contributed by atoms with van der Waals surface area (Å²) in [6.07, 6.45) is 7.71. The van der Waals surface area contributed by atoms with Crippen molar-refractivity contribution in [2.45, 2.75) is 39.0 Å². The van der Waals surface area contributed by atoms with Crippen molar-refractivity contribution >= 4 is 6.29 Å². The molecule has 2 rings (SSSR count). The van der Waals surface area contributed by atoms with Crippen LogP contribution in [0.1, 0.15) is 39.0 Å². The Balaban J connectivity index is 2.20. The first-order valence-electron chi connectivity index (χ1n) is 4.72. The van der Waals surface area contributed by atoms with E-state index in [-0.39, 0.29) is 5.41 Å². The van der Waals surface area contributed by atoms with Gasteiger partial charge in [-0.1, -0.05) is 19.8 Å². The lowest BCUT2D eigenvalue weighted by Crippen LogP contribution is -2.23. The van der Waals surface area contributed by atoms with E-state index < -0.39 is 0 Å². The van der Waals surface area contributed by atoms with Crippen LogP contribution in [0.5, 0.6) is 0 Å². The van der Waals surface area contributed by atoms with Gasteiger partial charge in [0.1, 0.15) is 6.29 Å². The average molecular weight is 152 g/mol. The molecule has 0 spiro atoms. The molecule has 2 saturated carbocycles. The minimum atomic E-state index is 0.0567. The van der Waals surface area contributed by atoms with E-state index in [2.05, 4.69) is 6.92 Å². The van der Waals surface area contributed by atoms with Crippen molar-refractivity contribution in [3.05, 3.63) is 0 Å². The van der Waals surface area contributed by atoms with Gasteiger partial charge in [-0.25, -0.2) is 0 Å². The van der Waals surface area contributed by atoms with Crippen LogP contribution in [0.4, 0.5) is 0 Å². The molecule has 11 heavy (non-hydrogen) atoms. The van der Waals surface area contributed by atoms with Crippen molar-refractivity contribution in [2.24, 2.45) is 17.3 Å². The van der Waals surface area contributed by atoms with E-state index in [4.69, 9.17) is 0 Å². The van der Waals surface area contributed by atoms with Gasteiger partial charge in [0.25, 0.3) is 0 Å². The molecule has 62 valence electrons. The van der Waals surface area contributed by atoms with Crippen LogP contribution in [0.25, 0.3) is 0 Å². The first kappa shape index (κ1) is 7.33. The van der Waals surface area contributed by atoms with Crippen LogP contribution in [0.3, 0.4) is 0 Å².